The normalized spacial score (nSPS) is 15.7. The average Bonchev–Trinajstić information content (AvgIpc) is 2.57. The molecule has 2 heterocycles. The Balaban J connectivity index is 1.81. The molecule has 4 heteroatoms. The molecule has 2 aromatic rings. The lowest BCUT2D eigenvalue weighted by atomic mass is 10.0. The number of aromatic nitrogens is 2. The molecule has 1 aliphatic heterocycles. The van der Waals surface area contributed by atoms with E-state index < -0.39 is 0 Å². The zero-order valence-corrected chi connectivity index (χ0v) is 14.1. The van der Waals surface area contributed by atoms with Gasteiger partial charge in [-0.05, 0) is 57.5 Å². The maximum atomic E-state index is 12.1. The molecule has 0 amide bonds. The Morgan fingerprint density at radius 3 is 2.57 bits per heavy atom. The van der Waals surface area contributed by atoms with Gasteiger partial charge in [0.2, 0.25) is 0 Å². The van der Waals surface area contributed by atoms with Gasteiger partial charge in [0.15, 0.2) is 0 Å². The van der Waals surface area contributed by atoms with Crippen LogP contribution in [-0.2, 0) is 6.54 Å². The van der Waals surface area contributed by atoms with Crippen molar-refractivity contribution in [1.82, 2.24) is 14.7 Å². The van der Waals surface area contributed by atoms with E-state index in [1.165, 1.54) is 30.4 Å². The molecule has 0 N–H and O–H groups in total. The number of likely N-dealkylation sites (tertiary alicyclic amines) is 1. The fraction of sp³-hybridized carbons (Fsp3) is 0.474. The maximum Gasteiger partial charge on any atom is 0.266 e. The van der Waals surface area contributed by atoms with Crippen LogP contribution in [0, 0.1) is 13.8 Å². The zero-order valence-electron chi connectivity index (χ0n) is 14.1. The van der Waals surface area contributed by atoms with Crippen LogP contribution in [0.2, 0.25) is 0 Å². The Bertz CT molecular complexity index is 730. The van der Waals surface area contributed by atoms with E-state index in [1.807, 2.05) is 6.07 Å². The summed E-state index contributed by atoms with van der Waals surface area (Å²) in [6, 6.07) is 9.82. The van der Waals surface area contributed by atoms with E-state index in [2.05, 4.69) is 42.0 Å². The van der Waals surface area contributed by atoms with Crippen molar-refractivity contribution < 1.29 is 0 Å². The molecule has 4 nitrogen and oxygen atoms in total. The van der Waals surface area contributed by atoms with Crippen LogP contribution in [-0.4, -0.2) is 34.3 Å². The highest BCUT2D eigenvalue weighted by molar-refractivity contribution is 5.63. The molecule has 1 aliphatic rings. The molecule has 1 fully saturated rings. The van der Waals surface area contributed by atoms with E-state index >= 15 is 0 Å². The fourth-order valence-corrected chi connectivity index (χ4v) is 3.18. The third-order valence-corrected chi connectivity index (χ3v) is 4.61. The van der Waals surface area contributed by atoms with Gasteiger partial charge in [-0.2, -0.15) is 5.10 Å². The van der Waals surface area contributed by atoms with Crippen LogP contribution in [0.4, 0.5) is 0 Å². The Labute approximate surface area is 137 Å². The van der Waals surface area contributed by atoms with Gasteiger partial charge in [0.25, 0.3) is 5.56 Å². The van der Waals surface area contributed by atoms with Crippen molar-refractivity contribution >= 4 is 0 Å². The number of nitrogens with zero attached hydrogens (tertiary/aromatic N) is 3. The SMILES string of the molecule is Cc1ccc(C)c(-c2ccc(=O)n(CCN3CCCCC3)n2)c1. The minimum absolute atomic E-state index is 0.0175. The van der Waals surface area contributed by atoms with Crippen molar-refractivity contribution in [3.8, 4) is 11.3 Å². The first-order chi connectivity index (χ1) is 11.1. The van der Waals surface area contributed by atoms with Crippen LogP contribution in [0.1, 0.15) is 30.4 Å². The van der Waals surface area contributed by atoms with E-state index in [0.717, 1.165) is 30.9 Å². The summed E-state index contributed by atoms with van der Waals surface area (Å²) in [7, 11) is 0. The van der Waals surface area contributed by atoms with Gasteiger partial charge < -0.3 is 4.90 Å². The average molecular weight is 311 g/mol. The van der Waals surface area contributed by atoms with Gasteiger partial charge in [0.05, 0.1) is 12.2 Å². The molecule has 122 valence electrons. The summed E-state index contributed by atoms with van der Waals surface area (Å²) in [5.41, 5.74) is 4.36. The predicted octanol–water partition coefficient (Wildman–Crippen LogP) is 3.01. The molecule has 0 spiro atoms. The maximum absolute atomic E-state index is 12.1. The van der Waals surface area contributed by atoms with Crippen molar-refractivity contribution in [3.05, 3.63) is 51.8 Å². The molecule has 0 atom stereocenters. The highest BCUT2D eigenvalue weighted by Gasteiger charge is 2.11. The molecule has 3 rings (SSSR count). The van der Waals surface area contributed by atoms with E-state index in [9.17, 15) is 4.79 Å². The van der Waals surface area contributed by atoms with E-state index in [1.54, 1.807) is 10.7 Å². The number of piperidine rings is 1. The summed E-state index contributed by atoms with van der Waals surface area (Å²) in [4.78, 5) is 14.5. The highest BCUT2D eigenvalue weighted by atomic mass is 16.1. The van der Waals surface area contributed by atoms with Crippen LogP contribution in [0.3, 0.4) is 0 Å². The molecule has 1 saturated heterocycles. The molecule has 1 aromatic heterocycles. The lowest BCUT2D eigenvalue weighted by Gasteiger charge is -2.26. The number of benzene rings is 1. The van der Waals surface area contributed by atoms with Crippen LogP contribution in [0.25, 0.3) is 11.3 Å². The summed E-state index contributed by atoms with van der Waals surface area (Å²) >= 11 is 0. The molecule has 0 unspecified atom stereocenters. The lowest BCUT2D eigenvalue weighted by molar-refractivity contribution is 0.216. The highest BCUT2D eigenvalue weighted by Crippen LogP contribution is 2.21. The van der Waals surface area contributed by atoms with Gasteiger partial charge in [0, 0.05) is 18.2 Å². The second kappa shape index (κ2) is 7.09. The largest absolute Gasteiger partial charge is 0.301 e. The zero-order chi connectivity index (χ0) is 16.2. The quantitative estimate of drug-likeness (QED) is 0.871. The Kier molecular flexibility index (Phi) is 4.91. The van der Waals surface area contributed by atoms with Crippen molar-refractivity contribution in [2.75, 3.05) is 19.6 Å². The topological polar surface area (TPSA) is 38.1 Å². The second-order valence-electron chi connectivity index (χ2n) is 6.50. The van der Waals surface area contributed by atoms with Crippen molar-refractivity contribution in [2.24, 2.45) is 0 Å². The third-order valence-electron chi connectivity index (χ3n) is 4.61. The molecule has 0 aliphatic carbocycles. The van der Waals surface area contributed by atoms with Gasteiger partial charge in [-0.3, -0.25) is 4.79 Å². The number of hydrogen-bond acceptors (Lipinski definition) is 3. The van der Waals surface area contributed by atoms with E-state index in [4.69, 9.17) is 0 Å². The lowest BCUT2D eigenvalue weighted by Crippen LogP contribution is -2.35. The van der Waals surface area contributed by atoms with Gasteiger partial charge in [-0.1, -0.05) is 24.1 Å². The number of rotatable bonds is 4. The van der Waals surface area contributed by atoms with Crippen LogP contribution < -0.4 is 5.56 Å². The summed E-state index contributed by atoms with van der Waals surface area (Å²) in [5, 5.41) is 4.61. The minimum atomic E-state index is -0.0175. The van der Waals surface area contributed by atoms with Crippen molar-refractivity contribution in [3.63, 3.8) is 0 Å². The smallest absolute Gasteiger partial charge is 0.266 e. The first-order valence-electron chi connectivity index (χ1n) is 8.51. The number of hydrogen-bond donors (Lipinski definition) is 0. The van der Waals surface area contributed by atoms with Gasteiger partial charge >= 0.3 is 0 Å². The van der Waals surface area contributed by atoms with Crippen LogP contribution in [0.15, 0.2) is 35.1 Å². The summed E-state index contributed by atoms with van der Waals surface area (Å²) in [6.07, 6.45) is 3.87. The van der Waals surface area contributed by atoms with Gasteiger partial charge in [-0.25, -0.2) is 4.68 Å². The third kappa shape index (κ3) is 3.88. The number of aryl methyl sites for hydroxylation is 2. The first kappa shape index (κ1) is 15.9. The van der Waals surface area contributed by atoms with Gasteiger partial charge in [-0.15, -0.1) is 0 Å². The van der Waals surface area contributed by atoms with E-state index in [0.29, 0.717) is 6.54 Å². The monoisotopic (exact) mass is 311 g/mol. The molecule has 0 bridgehead atoms. The Morgan fingerprint density at radius 2 is 1.78 bits per heavy atom. The standard InChI is InChI=1S/C19H25N3O/c1-15-6-7-16(2)17(14-15)18-8-9-19(23)22(20-18)13-12-21-10-4-3-5-11-21/h6-9,14H,3-5,10-13H2,1-2H3. The molecule has 0 radical (unpaired) electrons. The van der Waals surface area contributed by atoms with Gasteiger partial charge in [0.1, 0.15) is 0 Å². The van der Waals surface area contributed by atoms with Crippen LogP contribution >= 0.6 is 0 Å². The summed E-state index contributed by atoms with van der Waals surface area (Å²) in [5.74, 6) is 0. The Hall–Kier alpha value is -1.94. The molecule has 0 saturated carbocycles. The fourth-order valence-electron chi connectivity index (χ4n) is 3.18. The summed E-state index contributed by atoms with van der Waals surface area (Å²) < 4.78 is 1.62. The minimum Gasteiger partial charge on any atom is -0.301 e. The summed E-state index contributed by atoms with van der Waals surface area (Å²) in [6.45, 7) is 8.02. The van der Waals surface area contributed by atoms with Crippen molar-refractivity contribution in [2.45, 2.75) is 39.7 Å². The predicted molar refractivity (Wildman–Crippen MR) is 93.7 cm³/mol. The molecular weight excluding hydrogens is 286 g/mol. The Morgan fingerprint density at radius 1 is 1.00 bits per heavy atom. The first-order valence-corrected chi connectivity index (χ1v) is 8.51. The van der Waals surface area contributed by atoms with Crippen LogP contribution in [0.5, 0.6) is 0 Å². The van der Waals surface area contributed by atoms with E-state index in [-0.39, 0.29) is 5.56 Å². The van der Waals surface area contributed by atoms with Crippen molar-refractivity contribution in [1.29, 1.82) is 0 Å². The molecular formula is C19H25N3O. The molecule has 1 aromatic carbocycles. The molecule has 23 heavy (non-hydrogen) atoms. The second-order valence-corrected chi connectivity index (χ2v) is 6.50.